The molecular weight excluding hydrogens is 488 g/mol. The van der Waals surface area contributed by atoms with Crippen LogP contribution in [0.25, 0.3) is 0 Å². The van der Waals surface area contributed by atoms with Gasteiger partial charge in [0.2, 0.25) is 0 Å². The van der Waals surface area contributed by atoms with Crippen LogP contribution in [0, 0.1) is 29.7 Å². The molecule has 0 rings (SSSR count). The minimum absolute atomic E-state index is 0. The molecule has 0 aromatic carbocycles. The van der Waals surface area contributed by atoms with Crippen LogP contribution in [0.4, 0.5) is 0 Å². The summed E-state index contributed by atoms with van der Waals surface area (Å²) < 4.78 is 0. The van der Waals surface area contributed by atoms with Crippen molar-refractivity contribution in [2.75, 3.05) is 14.2 Å². The maximum Gasteiger partial charge on any atom is 0.0319 e. The zero-order valence-electron chi connectivity index (χ0n) is 7.56. The van der Waals surface area contributed by atoms with E-state index in [9.17, 15) is 0 Å². The molecule has 0 atom stereocenters. The first kappa shape index (κ1) is 113. The molecular formula is C6H20Ir2O2-4. The van der Waals surface area contributed by atoms with Gasteiger partial charge in [-0.15, -0.1) is 0 Å². The van der Waals surface area contributed by atoms with Gasteiger partial charge in [-0.3, -0.25) is 0 Å². The first-order valence-corrected chi connectivity index (χ1v) is 0.894. The van der Waals surface area contributed by atoms with Crippen molar-refractivity contribution in [2.45, 2.75) is 0 Å². The Morgan fingerprint density at radius 3 is 0.500 bits per heavy atom. The van der Waals surface area contributed by atoms with Gasteiger partial charge >= 0.3 is 0 Å². The Labute approximate surface area is 94.1 Å². The van der Waals surface area contributed by atoms with Crippen molar-refractivity contribution >= 4 is 0 Å². The second-order valence-corrected chi connectivity index (χ2v) is 0. The summed E-state index contributed by atoms with van der Waals surface area (Å²) in [5, 5.41) is 14.0. The largest absolute Gasteiger partial charge is 0.400 e. The molecule has 0 bridgehead atoms. The van der Waals surface area contributed by atoms with Gasteiger partial charge in [0.05, 0.1) is 0 Å². The molecule has 0 unspecified atom stereocenters. The van der Waals surface area contributed by atoms with Crippen LogP contribution >= 0.6 is 0 Å². The quantitative estimate of drug-likeness (QED) is 0.480. The Kier molecular flexibility index (Phi) is 6610. The SMILES string of the molecule is CO.CO.[CH3-].[CH3-].[CH3-].[CH3-].[Ir].[Ir]. The Hall–Kier alpha value is 1.22. The number of aliphatic hydroxyl groups is 2. The van der Waals surface area contributed by atoms with Crippen LogP contribution in [0.5, 0.6) is 0 Å². The van der Waals surface area contributed by atoms with E-state index in [0.29, 0.717) is 0 Å². The third kappa shape index (κ3) is 419. The fourth-order valence-corrected chi connectivity index (χ4v) is 0. The van der Waals surface area contributed by atoms with Crippen LogP contribution in [-0.2, 0) is 40.2 Å². The van der Waals surface area contributed by atoms with Crippen molar-refractivity contribution in [3.05, 3.63) is 29.7 Å². The fraction of sp³-hybridized carbons (Fsp3) is 0.333. The molecule has 0 fully saturated rings. The van der Waals surface area contributed by atoms with Crippen LogP contribution in [0.1, 0.15) is 0 Å². The van der Waals surface area contributed by atoms with Crippen LogP contribution in [0.2, 0.25) is 0 Å². The third-order valence-corrected chi connectivity index (χ3v) is 0. The second-order valence-electron chi connectivity index (χ2n) is 0. The first-order chi connectivity index (χ1) is 2.00. The third-order valence-electron chi connectivity index (χ3n) is 0. The molecule has 4 heteroatoms. The van der Waals surface area contributed by atoms with Gasteiger partial charge in [-0.1, -0.05) is 0 Å². The first-order valence-electron chi connectivity index (χ1n) is 0.894. The van der Waals surface area contributed by atoms with Crippen molar-refractivity contribution in [1.29, 1.82) is 0 Å². The molecule has 0 heterocycles. The standard InChI is InChI=1S/2CH4O.4CH3.2Ir/c2*1-2;;;;;;/h2*2H,1H3;4*1H3;;/q;;4*-1;;. The number of rotatable bonds is 0. The summed E-state index contributed by atoms with van der Waals surface area (Å²) in [7, 11) is 2.00. The van der Waals surface area contributed by atoms with Crippen LogP contribution in [-0.4, -0.2) is 24.4 Å². The van der Waals surface area contributed by atoms with Gasteiger partial charge in [-0.25, -0.2) is 0 Å². The van der Waals surface area contributed by atoms with Crippen molar-refractivity contribution in [1.82, 2.24) is 0 Å². The summed E-state index contributed by atoms with van der Waals surface area (Å²) in [4.78, 5) is 0. The Morgan fingerprint density at radius 1 is 0.500 bits per heavy atom. The summed E-state index contributed by atoms with van der Waals surface area (Å²) >= 11 is 0. The summed E-state index contributed by atoms with van der Waals surface area (Å²) in [6.45, 7) is 0. The van der Waals surface area contributed by atoms with E-state index in [1.807, 2.05) is 0 Å². The molecule has 0 aliphatic rings. The minimum Gasteiger partial charge on any atom is -0.400 e. The second kappa shape index (κ2) is 585. The molecule has 2 radical (unpaired) electrons. The van der Waals surface area contributed by atoms with Gasteiger partial charge in [-0.2, -0.15) is 0 Å². The zero-order valence-corrected chi connectivity index (χ0v) is 12.4. The van der Waals surface area contributed by atoms with Crippen molar-refractivity contribution in [3.63, 3.8) is 0 Å². The average Bonchev–Trinajstić information content (AvgIpc) is 1.50. The normalized spacial score (nSPS) is 1.20. The molecule has 0 aliphatic heterocycles. The van der Waals surface area contributed by atoms with Crippen LogP contribution in [0.15, 0.2) is 0 Å². The van der Waals surface area contributed by atoms with Crippen LogP contribution in [0.3, 0.4) is 0 Å². The summed E-state index contributed by atoms with van der Waals surface area (Å²) in [6.07, 6.45) is 0. The topological polar surface area (TPSA) is 40.5 Å². The molecule has 78 valence electrons. The number of hydrogen-bond acceptors (Lipinski definition) is 2. The number of hydrogen-bond donors (Lipinski definition) is 2. The maximum atomic E-state index is 7.00. The van der Waals surface area contributed by atoms with E-state index in [4.69, 9.17) is 10.2 Å². The summed E-state index contributed by atoms with van der Waals surface area (Å²) in [5.41, 5.74) is 0. The van der Waals surface area contributed by atoms with Crippen molar-refractivity contribution < 1.29 is 50.4 Å². The minimum atomic E-state index is 0. The predicted molar refractivity (Wildman–Crippen MR) is 41.9 cm³/mol. The van der Waals surface area contributed by atoms with Crippen molar-refractivity contribution in [3.8, 4) is 0 Å². The van der Waals surface area contributed by atoms with E-state index in [2.05, 4.69) is 0 Å². The zero-order chi connectivity index (χ0) is 4.00. The van der Waals surface area contributed by atoms with E-state index in [0.717, 1.165) is 14.2 Å². The van der Waals surface area contributed by atoms with E-state index in [1.165, 1.54) is 0 Å². The van der Waals surface area contributed by atoms with Crippen LogP contribution < -0.4 is 0 Å². The monoisotopic (exact) mass is 510 g/mol. The Morgan fingerprint density at radius 2 is 0.500 bits per heavy atom. The average molecular weight is 509 g/mol. The molecule has 0 spiro atoms. The molecule has 0 aromatic rings. The molecule has 0 aliphatic carbocycles. The molecule has 2 nitrogen and oxygen atoms in total. The van der Waals surface area contributed by atoms with Gasteiger partial charge in [0, 0.05) is 54.4 Å². The molecule has 2 N–H and O–H groups in total. The molecule has 10 heavy (non-hydrogen) atoms. The van der Waals surface area contributed by atoms with E-state index >= 15 is 0 Å². The summed E-state index contributed by atoms with van der Waals surface area (Å²) in [5.74, 6) is 0. The maximum absolute atomic E-state index is 7.00. The number of aliphatic hydroxyl groups excluding tert-OH is 2. The van der Waals surface area contributed by atoms with E-state index in [-0.39, 0.29) is 69.9 Å². The van der Waals surface area contributed by atoms with Gasteiger partial charge < -0.3 is 39.9 Å². The molecule has 0 saturated carbocycles. The molecule has 0 amide bonds. The summed E-state index contributed by atoms with van der Waals surface area (Å²) in [6, 6.07) is 0. The van der Waals surface area contributed by atoms with Gasteiger partial charge in [-0.05, 0) is 0 Å². The molecule has 0 aromatic heterocycles. The van der Waals surface area contributed by atoms with Gasteiger partial charge in [0.25, 0.3) is 0 Å². The fourth-order valence-electron chi connectivity index (χ4n) is 0. The predicted octanol–water partition coefficient (Wildman–Crippen LogP) is 1.01. The smallest absolute Gasteiger partial charge is 0.0319 e. The van der Waals surface area contributed by atoms with Gasteiger partial charge in [0.1, 0.15) is 0 Å². The Bertz CT molecular complexity index is 13.7. The molecule has 0 saturated heterocycles. The Balaban J connectivity index is -0.000000000833. The van der Waals surface area contributed by atoms with E-state index in [1.54, 1.807) is 0 Å². The van der Waals surface area contributed by atoms with Crippen molar-refractivity contribution in [2.24, 2.45) is 0 Å². The van der Waals surface area contributed by atoms with E-state index < -0.39 is 0 Å². The van der Waals surface area contributed by atoms with Gasteiger partial charge in [0.15, 0.2) is 0 Å².